The molecule has 2 aliphatic carbocycles. The molecule has 0 aliphatic heterocycles. The van der Waals surface area contributed by atoms with Gasteiger partial charge in [-0.2, -0.15) is 38.9 Å². The first-order chi connectivity index (χ1) is 60.1. The number of hydrogen-bond donors (Lipinski definition) is 1. The van der Waals surface area contributed by atoms with Crippen molar-refractivity contribution in [1.82, 2.24) is 0 Å². The van der Waals surface area contributed by atoms with Crippen molar-refractivity contribution in [3.05, 3.63) is 293 Å². The van der Waals surface area contributed by atoms with Crippen molar-refractivity contribution in [1.29, 1.82) is 0 Å². The van der Waals surface area contributed by atoms with Crippen LogP contribution in [0.2, 0.25) is 0 Å². The lowest BCUT2D eigenvalue weighted by Gasteiger charge is -2.21. The summed E-state index contributed by atoms with van der Waals surface area (Å²) in [5, 5.41) is 32.2. The van der Waals surface area contributed by atoms with Crippen LogP contribution in [0.3, 0.4) is 0 Å². The molecule has 0 saturated heterocycles. The van der Waals surface area contributed by atoms with Gasteiger partial charge in [0.05, 0.1) is 64.8 Å². The third-order valence-corrected chi connectivity index (χ3v) is 22.4. The zero-order valence-electron chi connectivity index (χ0n) is 66.6. The summed E-state index contributed by atoms with van der Waals surface area (Å²) in [5.74, 6) is -12.8. The van der Waals surface area contributed by atoms with Gasteiger partial charge in [0.1, 0.15) is 65.7 Å². The fourth-order valence-corrected chi connectivity index (χ4v) is 14.9. The molecule has 2 saturated carbocycles. The van der Waals surface area contributed by atoms with Gasteiger partial charge in [-0.1, -0.05) is 103 Å². The van der Waals surface area contributed by atoms with Gasteiger partial charge in [-0.25, -0.2) is 86.0 Å². The normalized spacial score (nSPS) is 13.5. The number of carboxylic acid groups (broad SMARTS) is 3. The Morgan fingerprint density at radius 3 is 1.20 bits per heavy atom. The quantitative estimate of drug-likeness (QED) is 0.0185. The summed E-state index contributed by atoms with van der Waals surface area (Å²) in [7, 11) is -30.2. The van der Waals surface area contributed by atoms with Crippen molar-refractivity contribution >= 4 is 141 Å². The summed E-state index contributed by atoms with van der Waals surface area (Å²) in [4.78, 5) is 32.1. The van der Waals surface area contributed by atoms with E-state index in [1.54, 1.807) is 103 Å². The molecule has 0 spiro atoms. The first kappa shape index (κ1) is 122. The van der Waals surface area contributed by atoms with Crippen LogP contribution in [0.4, 0.5) is 82.6 Å². The molecular formula is C77H59B2F21O25PS7-9. The summed E-state index contributed by atoms with van der Waals surface area (Å²) < 4.78 is 403. The number of carboxylic acids is 3. The van der Waals surface area contributed by atoms with E-state index in [0.29, 0.717) is 34.1 Å². The average molecular weight is 2060 g/mol. The fourth-order valence-electron chi connectivity index (χ4n) is 10.5. The smallest absolute Gasteiger partial charge is 0.762 e. The van der Waals surface area contributed by atoms with Crippen molar-refractivity contribution < 1.29 is 204 Å². The van der Waals surface area contributed by atoms with Gasteiger partial charge >= 0.3 is 34.1 Å². The standard InChI is InChI=1S/C19H12F5S.2C10H8O3S.C8H8O3.C8H12O2.C7H6O5S.C7H8O3S.C6BF5.CHF3O3S.CH4O3S.BF3.F3P.2FH/c20-14-3-9-17(10-4-14)25(18-11-5-15(21)6-12-18)16-7-1-13(2-8-16)19(22,23)24;11-14(12,13)10-7-3-5-8-4-1-2-6-9(8)10;11-14(12,13)10-6-5-8-3-1-2-4-9(8)7-10;1-11-7-4-2-6(3-5-7)8(9)10;9-8(10)7-4-5-1-2-6(7)3-5;8-7(9)5-3-1-2-4-6(5)13(10,11)12;1-6-2-4-7(5-3-6)11(8,9)10;7-1-2(8)4(10)6(12)5(11)3(1)9;2-1(3,4)8(5,6)7;1-5(2,3)4;2-1(3)4;1-4(2)3;;/h1-12H;2*1-7H,(H,11,12,13);2-5H,1H3,(H,9,10);5-7H,1-4H2,(H,9,10);1-4H,(H,8,9)(H,10,11,12);2-5H,1H3,(H,8,9,10);;(H,5,6,7);1H3,(H,2,3,4);;;2*1H/q+1;;;;;;;;;;;;;/p-10. The maximum Gasteiger partial charge on any atom is 0.762 e. The van der Waals surface area contributed by atoms with Crippen LogP contribution in [0.15, 0.2) is 265 Å². The maximum absolute atomic E-state index is 13.2. The molecule has 726 valence electrons. The first-order valence-corrected chi connectivity index (χ1v) is 45.8. The van der Waals surface area contributed by atoms with Crippen LogP contribution < -0.4 is 29.8 Å². The molecule has 13 rings (SSSR count). The molecule has 0 amide bonds. The van der Waals surface area contributed by atoms with Gasteiger partial charge in [-0.3, -0.25) is 12.9 Å². The van der Waals surface area contributed by atoms with Crippen LogP contribution in [0.5, 0.6) is 5.75 Å². The monoisotopic (exact) mass is 2060 g/mol. The van der Waals surface area contributed by atoms with Crippen molar-refractivity contribution in [2.75, 3.05) is 13.4 Å². The van der Waals surface area contributed by atoms with E-state index in [4.69, 9.17) is 35.8 Å². The molecule has 2 bridgehead atoms. The molecule has 133 heavy (non-hydrogen) atoms. The van der Waals surface area contributed by atoms with Crippen LogP contribution in [0.25, 0.3) is 21.5 Å². The van der Waals surface area contributed by atoms with E-state index in [1.807, 2.05) is 19.1 Å². The summed E-state index contributed by atoms with van der Waals surface area (Å²) in [6.07, 6.45) is 0.624. The van der Waals surface area contributed by atoms with E-state index in [0.717, 1.165) is 75.0 Å². The molecule has 0 heterocycles. The number of ether oxygens (including phenoxy) is 1. The number of aliphatic carboxylic acids is 1. The van der Waals surface area contributed by atoms with E-state index < -0.39 is 180 Å². The van der Waals surface area contributed by atoms with Crippen LogP contribution >= 0.6 is 8.85 Å². The van der Waals surface area contributed by atoms with Crippen molar-refractivity contribution in [2.24, 2.45) is 17.8 Å². The molecule has 0 aromatic heterocycles. The zero-order chi connectivity index (χ0) is 100. The lowest BCUT2D eigenvalue weighted by Crippen LogP contribution is -3.00. The molecule has 3 atom stereocenters. The highest BCUT2D eigenvalue weighted by atomic mass is 32.2. The molecule has 2 radical (unpaired) electrons. The Morgan fingerprint density at radius 2 is 0.850 bits per heavy atom. The molecule has 1 N–H and O–H groups in total. The van der Waals surface area contributed by atoms with Gasteiger partial charge in [-0.15, -0.1) is 0 Å². The van der Waals surface area contributed by atoms with Crippen LogP contribution in [-0.2, 0) is 82.6 Å². The lowest BCUT2D eigenvalue weighted by atomic mass is 9.89. The minimum atomic E-state index is -6.09. The van der Waals surface area contributed by atoms with E-state index >= 15 is 0 Å². The number of rotatable bonds is 11. The molecule has 2 aliphatic rings. The molecule has 11 aromatic carbocycles. The molecule has 3 unspecified atom stereocenters. The van der Waals surface area contributed by atoms with E-state index in [2.05, 4.69) is 7.85 Å². The third-order valence-electron chi connectivity index (χ3n) is 16.1. The first-order valence-electron chi connectivity index (χ1n) is 34.7. The summed E-state index contributed by atoms with van der Waals surface area (Å²) >= 11 is 0. The van der Waals surface area contributed by atoms with E-state index in [1.165, 1.54) is 105 Å². The van der Waals surface area contributed by atoms with Crippen LogP contribution in [-0.4, -0.2) is 135 Å². The number of methoxy groups -OCH3 is 1. The number of carbonyl (C=O) groups is 3. The highest BCUT2D eigenvalue weighted by Gasteiger charge is 2.40. The molecule has 11 aromatic rings. The van der Waals surface area contributed by atoms with Crippen LogP contribution in [0, 0.1) is 65.4 Å². The minimum Gasteiger partial charge on any atom is -1.00 e. The van der Waals surface area contributed by atoms with Gasteiger partial charge in [0.2, 0.25) is 0 Å². The van der Waals surface area contributed by atoms with Gasteiger partial charge in [-0.05, 0) is 210 Å². The molecule has 56 heteroatoms. The Hall–Kier alpha value is -11.0. The van der Waals surface area contributed by atoms with Crippen LogP contribution in [0.1, 0.15) is 57.5 Å². The maximum atomic E-state index is 13.2. The Bertz CT molecular complexity index is 6180. The Morgan fingerprint density at radius 1 is 0.481 bits per heavy atom. The molecule has 25 nitrogen and oxygen atoms in total. The van der Waals surface area contributed by atoms with Crippen molar-refractivity contribution in [2.45, 2.75) is 78.6 Å². The average Bonchev–Trinajstić information content (AvgIpc) is 1.80. The number of hydrogen-bond acceptors (Lipinski definition) is 24. The second kappa shape index (κ2) is 54.4. The molecular weight excluding hydrogens is 2000 g/mol. The van der Waals surface area contributed by atoms with Gasteiger partial charge < -0.3 is 66.4 Å². The van der Waals surface area contributed by atoms with Crippen molar-refractivity contribution in [3.8, 4) is 5.75 Å². The Labute approximate surface area is 749 Å². The number of halogens is 21. The van der Waals surface area contributed by atoms with E-state index in [9.17, 15) is 159 Å². The second-order valence-electron chi connectivity index (χ2n) is 25.3. The SMILES string of the molecule is COc1ccc(C(=O)[O-])cc1.CS(=O)(=O)[O-].Cc1ccc(S(=O)(=O)[O-])cc1.FB(F)F.FP(F)F.Fc1ccc([S+](c2ccc(F)cc2)c2ccc(C(F)(F)F)cc2)cc1.O=C(O)c1ccccc1S(=O)(=O)[O-].O=C([O-])C1CC2CCC1C2.O=S(=O)([O-])C(F)(F)F.O=S(=O)([O-])c1ccc2ccccc2c1.O=S(=O)([O-])c1cccc2ccccc12.[B]c1c(F)c(F)c(F)c(F)c1F.[F-].[F-]. The molecule has 2 fully saturated rings. The largest absolute Gasteiger partial charge is 1.00 e. The van der Waals surface area contributed by atoms with Gasteiger partial charge in [0.25, 0.3) is 0 Å². The highest BCUT2D eigenvalue weighted by molar-refractivity contribution is 7.97. The van der Waals surface area contributed by atoms with Gasteiger partial charge in [0, 0.05) is 18.1 Å². The lowest BCUT2D eigenvalue weighted by molar-refractivity contribution is -0.313. The third kappa shape index (κ3) is 44.2. The number of carbonyl (C=O) groups excluding carboxylic acids is 2. The number of aromatic carboxylic acids is 2. The summed E-state index contributed by atoms with van der Waals surface area (Å²) in [6, 6.07) is 56.0. The zero-order valence-corrected chi connectivity index (χ0v) is 73.3. The number of aryl methyl sites for hydroxylation is 1. The number of fused-ring (bicyclic) bond motifs is 4. The number of benzene rings is 11. The van der Waals surface area contributed by atoms with Crippen molar-refractivity contribution in [3.63, 3.8) is 0 Å². The fraction of sp³-hybridized carbons (Fsp3) is 0.156. The minimum absolute atomic E-state index is 0. The predicted molar refractivity (Wildman–Crippen MR) is 424 cm³/mol. The van der Waals surface area contributed by atoms with E-state index in [-0.39, 0.29) is 35.6 Å². The predicted octanol–water partition coefficient (Wildman–Crippen LogP) is 8.38. The Balaban J connectivity index is 0.00000147. The summed E-state index contributed by atoms with van der Waals surface area (Å²) in [6.45, 7) is 1.82. The second-order valence-corrected chi connectivity index (χ2v) is 35.9. The van der Waals surface area contributed by atoms with Gasteiger partial charge in [0.15, 0.2) is 53.9 Å². The number of alkyl halides is 6. The topological polar surface area (TPSA) is 470 Å². The summed E-state index contributed by atoms with van der Waals surface area (Å²) in [5.41, 5.74) is -7.17. The highest BCUT2D eigenvalue weighted by Crippen LogP contribution is 2.48. The Kier molecular flexibility index (Phi) is 49.9.